The second-order valence-electron chi connectivity index (χ2n) is 9.80. The van der Waals surface area contributed by atoms with Crippen LogP contribution in [0.1, 0.15) is 107 Å². The van der Waals surface area contributed by atoms with Gasteiger partial charge in [0, 0.05) is 5.56 Å². The zero-order chi connectivity index (χ0) is 23.7. The lowest BCUT2D eigenvalue weighted by Crippen LogP contribution is -2.13. The number of hydrogen-bond donors (Lipinski definition) is 0. The van der Waals surface area contributed by atoms with Crippen molar-refractivity contribution in [2.75, 3.05) is 0 Å². The zero-order valence-electron chi connectivity index (χ0n) is 19.9. The highest BCUT2D eigenvalue weighted by molar-refractivity contribution is 5.65. The average Bonchev–Trinajstić information content (AvgIpc) is 2.81. The van der Waals surface area contributed by atoms with Crippen molar-refractivity contribution >= 4 is 0 Å². The highest BCUT2D eigenvalue weighted by Gasteiger charge is 2.30. The maximum atomic E-state index is 14.8. The lowest BCUT2D eigenvalue weighted by molar-refractivity contribution is -0.137. The van der Waals surface area contributed by atoms with E-state index in [1.807, 2.05) is 6.07 Å². The van der Waals surface area contributed by atoms with Gasteiger partial charge < -0.3 is 0 Å². The molecule has 3 rings (SSSR count). The molecule has 0 atom stereocenters. The summed E-state index contributed by atoms with van der Waals surface area (Å²) in [4.78, 5) is 0. The molecule has 0 N–H and O–H groups in total. The van der Waals surface area contributed by atoms with Crippen LogP contribution in [0.4, 0.5) is 17.6 Å². The van der Waals surface area contributed by atoms with Crippen molar-refractivity contribution in [3.05, 3.63) is 59.4 Å². The fraction of sp³-hybridized carbons (Fsp3) is 0.586. The molecule has 0 unspecified atom stereocenters. The summed E-state index contributed by atoms with van der Waals surface area (Å²) in [5, 5.41) is 0. The summed E-state index contributed by atoms with van der Waals surface area (Å²) in [5.41, 5.74) is 1.14. The Morgan fingerprint density at radius 2 is 1.36 bits per heavy atom. The monoisotopic (exact) mass is 462 g/mol. The van der Waals surface area contributed by atoms with E-state index in [-0.39, 0.29) is 5.82 Å². The van der Waals surface area contributed by atoms with Crippen molar-refractivity contribution in [3.8, 4) is 11.1 Å². The third-order valence-corrected chi connectivity index (χ3v) is 7.30. The predicted octanol–water partition coefficient (Wildman–Crippen LogP) is 10.3. The van der Waals surface area contributed by atoms with Gasteiger partial charge in [-0.2, -0.15) is 13.2 Å². The summed E-state index contributed by atoms with van der Waals surface area (Å²) in [6.07, 6.45) is 12.4. The molecule has 0 nitrogen and oxygen atoms in total. The molecule has 0 heterocycles. The summed E-state index contributed by atoms with van der Waals surface area (Å²) in [6, 6.07) is 9.98. The summed E-state index contributed by atoms with van der Waals surface area (Å²) in [6.45, 7) is 2.25. The quantitative estimate of drug-likeness (QED) is 0.230. The third kappa shape index (κ3) is 7.86. The molecule has 1 saturated carbocycles. The Bertz CT molecular complexity index is 830. The molecule has 4 heteroatoms. The van der Waals surface area contributed by atoms with Crippen molar-refractivity contribution in [2.24, 2.45) is 5.92 Å². The molecule has 0 saturated heterocycles. The van der Waals surface area contributed by atoms with E-state index in [1.165, 1.54) is 82.8 Å². The normalized spacial score (nSPS) is 19.1. The summed E-state index contributed by atoms with van der Waals surface area (Å²) in [5.74, 6) is 0.835. The molecule has 1 fully saturated rings. The lowest BCUT2D eigenvalue weighted by Gasteiger charge is -2.29. The molecular formula is C29H38F4. The fourth-order valence-electron chi connectivity index (χ4n) is 5.21. The van der Waals surface area contributed by atoms with Crippen molar-refractivity contribution in [1.82, 2.24) is 0 Å². The topological polar surface area (TPSA) is 0 Å². The van der Waals surface area contributed by atoms with Crippen LogP contribution in [0.3, 0.4) is 0 Å². The molecule has 0 aliphatic heterocycles. The minimum atomic E-state index is -4.38. The molecule has 1 aliphatic carbocycles. The van der Waals surface area contributed by atoms with E-state index in [0.29, 0.717) is 17.0 Å². The van der Waals surface area contributed by atoms with Crippen LogP contribution in [0, 0.1) is 11.7 Å². The van der Waals surface area contributed by atoms with Gasteiger partial charge in [-0.1, -0.05) is 89.0 Å². The minimum Gasteiger partial charge on any atom is -0.206 e. The molecular weight excluding hydrogens is 424 g/mol. The number of halogens is 4. The van der Waals surface area contributed by atoms with Gasteiger partial charge in [0.1, 0.15) is 5.82 Å². The van der Waals surface area contributed by atoms with E-state index < -0.39 is 11.7 Å². The fourth-order valence-corrected chi connectivity index (χ4v) is 5.21. The Kier molecular flexibility index (Phi) is 9.82. The highest BCUT2D eigenvalue weighted by Crippen LogP contribution is 2.39. The average molecular weight is 463 g/mol. The van der Waals surface area contributed by atoms with Crippen LogP contribution >= 0.6 is 0 Å². The van der Waals surface area contributed by atoms with Gasteiger partial charge in [0.25, 0.3) is 0 Å². The van der Waals surface area contributed by atoms with E-state index in [1.54, 1.807) is 12.1 Å². The van der Waals surface area contributed by atoms with Gasteiger partial charge >= 0.3 is 6.18 Å². The van der Waals surface area contributed by atoms with Crippen LogP contribution in [0.5, 0.6) is 0 Å². The molecule has 0 aromatic heterocycles. The SMILES string of the molecule is CCCCCCCCCCC1CCC(c2ccc(-c3ccc(C(F)(F)F)cc3)c(F)c2)CC1. The second-order valence-corrected chi connectivity index (χ2v) is 9.80. The largest absolute Gasteiger partial charge is 0.416 e. The van der Waals surface area contributed by atoms with E-state index >= 15 is 0 Å². The third-order valence-electron chi connectivity index (χ3n) is 7.30. The summed E-state index contributed by atoms with van der Waals surface area (Å²) in [7, 11) is 0. The van der Waals surface area contributed by atoms with Gasteiger partial charge in [0.2, 0.25) is 0 Å². The van der Waals surface area contributed by atoms with Crippen LogP contribution in [-0.2, 0) is 6.18 Å². The molecule has 182 valence electrons. The number of unbranched alkanes of at least 4 members (excludes halogenated alkanes) is 7. The van der Waals surface area contributed by atoms with E-state index in [4.69, 9.17) is 0 Å². The van der Waals surface area contributed by atoms with Crippen molar-refractivity contribution in [1.29, 1.82) is 0 Å². The predicted molar refractivity (Wildman–Crippen MR) is 129 cm³/mol. The molecule has 1 aliphatic rings. The van der Waals surface area contributed by atoms with Gasteiger partial charge in [-0.15, -0.1) is 0 Å². The smallest absolute Gasteiger partial charge is 0.206 e. The number of hydrogen-bond acceptors (Lipinski definition) is 0. The Morgan fingerprint density at radius 3 is 1.94 bits per heavy atom. The maximum absolute atomic E-state index is 14.8. The Hall–Kier alpha value is -1.84. The second kappa shape index (κ2) is 12.6. The van der Waals surface area contributed by atoms with Crippen LogP contribution < -0.4 is 0 Å². The van der Waals surface area contributed by atoms with E-state index in [2.05, 4.69) is 6.92 Å². The maximum Gasteiger partial charge on any atom is 0.416 e. The van der Waals surface area contributed by atoms with Crippen molar-refractivity contribution in [2.45, 2.75) is 102 Å². The van der Waals surface area contributed by atoms with E-state index in [9.17, 15) is 17.6 Å². The molecule has 2 aromatic rings. The van der Waals surface area contributed by atoms with Crippen LogP contribution in [0.15, 0.2) is 42.5 Å². The Balaban J connectivity index is 1.44. The van der Waals surface area contributed by atoms with E-state index in [0.717, 1.165) is 36.5 Å². The van der Waals surface area contributed by atoms with Crippen molar-refractivity contribution in [3.63, 3.8) is 0 Å². The zero-order valence-corrected chi connectivity index (χ0v) is 19.9. The van der Waals surface area contributed by atoms with Gasteiger partial charge in [-0.3, -0.25) is 0 Å². The first kappa shape index (κ1) is 25.8. The Morgan fingerprint density at radius 1 is 0.758 bits per heavy atom. The molecule has 33 heavy (non-hydrogen) atoms. The van der Waals surface area contributed by atoms with Gasteiger partial charge in [-0.05, 0) is 66.8 Å². The molecule has 2 aromatic carbocycles. The van der Waals surface area contributed by atoms with Gasteiger partial charge in [0.05, 0.1) is 5.56 Å². The summed E-state index contributed by atoms with van der Waals surface area (Å²) >= 11 is 0. The van der Waals surface area contributed by atoms with Gasteiger partial charge in [-0.25, -0.2) is 4.39 Å². The molecule has 0 bridgehead atoms. The lowest BCUT2D eigenvalue weighted by atomic mass is 9.77. The minimum absolute atomic E-state index is 0.353. The first-order valence-corrected chi connectivity index (χ1v) is 12.9. The van der Waals surface area contributed by atoms with Crippen LogP contribution in [0.25, 0.3) is 11.1 Å². The summed E-state index contributed by atoms with van der Waals surface area (Å²) < 4.78 is 53.1. The first-order valence-electron chi connectivity index (χ1n) is 12.9. The van der Waals surface area contributed by atoms with Crippen LogP contribution in [-0.4, -0.2) is 0 Å². The Labute approximate surface area is 196 Å². The molecule has 0 spiro atoms. The number of benzene rings is 2. The first-order chi connectivity index (χ1) is 15.9. The number of rotatable bonds is 11. The molecule has 0 amide bonds. The van der Waals surface area contributed by atoms with Crippen LogP contribution in [0.2, 0.25) is 0 Å². The molecule has 0 radical (unpaired) electrons. The highest BCUT2D eigenvalue weighted by atomic mass is 19.4. The van der Waals surface area contributed by atoms with Gasteiger partial charge in [0.15, 0.2) is 0 Å². The van der Waals surface area contributed by atoms with Crippen molar-refractivity contribution < 1.29 is 17.6 Å². The standard InChI is InChI=1S/C29H38F4/c1-2-3-4-5-6-7-8-9-10-22-11-13-23(14-12-22)25-17-20-27(28(30)21-25)24-15-18-26(19-16-24)29(31,32)33/h15-23H,2-14H2,1H3. The number of alkyl halides is 3.